The van der Waals surface area contributed by atoms with Crippen LogP contribution in [0.1, 0.15) is 15.9 Å². The largest absolute Gasteiger partial charge is 0.507 e. The normalized spacial score (nSPS) is 10.6. The van der Waals surface area contributed by atoms with Crippen molar-refractivity contribution in [2.75, 3.05) is 21.3 Å². The minimum atomic E-state index is -0.306. The molecule has 0 aromatic heterocycles. The Morgan fingerprint density at radius 2 is 1.65 bits per heavy atom. The third-order valence-corrected chi connectivity index (χ3v) is 3.32. The molecule has 0 aliphatic heterocycles. The SMILES string of the molecule is COc1ccc(C=CC(=O)c2ccccc2O)c(OC)c1OC. The molecule has 0 aliphatic rings. The fraction of sp³-hybridized carbons (Fsp3) is 0.167. The zero-order valence-electron chi connectivity index (χ0n) is 13.2. The maximum absolute atomic E-state index is 12.2. The van der Waals surface area contributed by atoms with Crippen LogP contribution in [0.5, 0.6) is 23.0 Å². The second kappa shape index (κ2) is 7.35. The third-order valence-electron chi connectivity index (χ3n) is 3.32. The minimum absolute atomic E-state index is 0.0542. The number of para-hydroxylation sites is 1. The van der Waals surface area contributed by atoms with Crippen LogP contribution >= 0.6 is 0 Å². The first-order valence-electron chi connectivity index (χ1n) is 6.91. The summed E-state index contributed by atoms with van der Waals surface area (Å²) < 4.78 is 15.9. The molecule has 0 saturated carbocycles. The number of carbonyl (C=O) groups excluding carboxylic acids is 1. The molecule has 2 aromatic carbocycles. The van der Waals surface area contributed by atoms with Crippen LogP contribution in [0.3, 0.4) is 0 Å². The van der Waals surface area contributed by atoms with Gasteiger partial charge < -0.3 is 19.3 Å². The molecule has 1 N–H and O–H groups in total. The summed E-state index contributed by atoms with van der Waals surface area (Å²) in [6.07, 6.45) is 2.98. The quantitative estimate of drug-likeness (QED) is 0.654. The number of phenolic OH excluding ortho intramolecular Hbond substituents is 1. The lowest BCUT2D eigenvalue weighted by Crippen LogP contribution is -1.97. The molecule has 0 unspecified atom stereocenters. The van der Waals surface area contributed by atoms with Crippen molar-refractivity contribution < 1.29 is 24.1 Å². The standard InChI is InChI=1S/C18H18O5/c1-21-16-11-9-12(17(22-2)18(16)23-3)8-10-15(20)13-6-4-5-7-14(13)19/h4-11,19H,1-3H3. The number of carbonyl (C=O) groups is 1. The number of rotatable bonds is 6. The molecular formula is C18H18O5. The van der Waals surface area contributed by atoms with Gasteiger partial charge in [-0.25, -0.2) is 0 Å². The van der Waals surface area contributed by atoms with E-state index in [2.05, 4.69) is 0 Å². The van der Waals surface area contributed by atoms with E-state index in [-0.39, 0.29) is 17.1 Å². The van der Waals surface area contributed by atoms with Crippen molar-refractivity contribution in [1.82, 2.24) is 0 Å². The highest BCUT2D eigenvalue weighted by atomic mass is 16.5. The zero-order valence-corrected chi connectivity index (χ0v) is 13.2. The average Bonchev–Trinajstić information content (AvgIpc) is 2.58. The lowest BCUT2D eigenvalue weighted by Gasteiger charge is -2.13. The number of aromatic hydroxyl groups is 1. The van der Waals surface area contributed by atoms with Gasteiger partial charge >= 0.3 is 0 Å². The Morgan fingerprint density at radius 3 is 2.26 bits per heavy atom. The number of ether oxygens (including phenoxy) is 3. The molecule has 0 spiro atoms. The predicted octanol–water partition coefficient (Wildman–Crippen LogP) is 3.31. The number of methoxy groups -OCH3 is 3. The predicted molar refractivity (Wildman–Crippen MR) is 87.6 cm³/mol. The molecule has 0 fully saturated rings. The number of allylic oxidation sites excluding steroid dienone is 1. The van der Waals surface area contributed by atoms with E-state index in [1.54, 1.807) is 36.4 Å². The summed E-state index contributed by atoms with van der Waals surface area (Å²) in [4.78, 5) is 12.2. The maximum atomic E-state index is 12.2. The molecule has 2 aromatic rings. The van der Waals surface area contributed by atoms with Crippen LogP contribution in [-0.4, -0.2) is 32.2 Å². The highest BCUT2D eigenvalue weighted by Crippen LogP contribution is 2.40. The Balaban J connectivity index is 2.36. The van der Waals surface area contributed by atoms with Crippen LogP contribution in [-0.2, 0) is 0 Å². The Kier molecular flexibility index (Phi) is 5.25. The number of benzene rings is 2. The van der Waals surface area contributed by atoms with Gasteiger partial charge in [-0.2, -0.15) is 0 Å². The Labute approximate surface area is 134 Å². The van der Waals surface area contributed by atoms with Crippen LogP contribution in [0.25, 0.3) is 6.08 Å². The molecule has 0 aliphatic carbocycles. The molecule has 23 heavy (non-hydrogen) atoms. The highest BCUT2D eigenvalue weighted by Gasteiger charge is 2.14. The Bertz CT molecular complexity index is 734. The van der Waals surface area contributed by atoms with Crippen molar-refractivity contribution in [3.8, 4) is 23.0 Å². The topological polar surface area (TPSA) is 65.0 Å². The summed E-state index contributed by atoms with van der Waals surface area (Å²) in [6, 6.07) is 9.87. The average molecular weight is 314 g/mol. The summed E-state index contributed by atoms with van der Waals surface area (Å²) in [5.74, 6) is 1.09. The first kappa shape index (κ1) is 16.4. The van der Waals surface area contributed by atoms with Gasteiger partial charge in [-0.15, -0.1) is 0 Å². The van der Waals surface area contributed by atoms with Crippen molar-refractivity contribution in [1.29, 1.82) is 0 Å². The van der Waals surface area contributed by atoms with Gasteiger partial charge in [-0.3, -0.25) is 4.79 Å². The van der Waals surface area contributed by atoms with E-state index in [1.165, 1.54) is 33.5 Å². The molecule has 0 saturated heterocycles. The number of hydrogen-bond acceptors (Lipinski definition) is 5. The van der Waals surface area contributed by atoms with Gasteiger partial charge in [-0.05, 0) is 36.4 Å². The van der Waals surface area contributed by atoms with Gasteiger partial charge in [0.15, 0.2) is 17.3 Å². The van der Waals surface area contributed by atoms with Crippen LogP contribution in [0.2, 0.25) is 0 Å². The smallest absolute Gasteiger partial charge is 0.203 e. The molecule has 5 nitrogen and oxygen atoms in total. The van der Waals surface area contributed by atoms with Crippen molar-refractivity contribution in [2.24, 2.45) is 0 Å². The molecule has 5 heteroatoms. The second-order valence-corrected chi connectivity index (χ2v) is 4.64. The van der Waals surface area contributed by atoms with Crippen LogP contribution in [0.4, 0.5) is 0 Å². The summed E-state index contributed by atoms with van der Waals surface area (Å²) in [5.41, 5.74) is 0.900. The number of ketones is 1. The van der Waals surface area contributed by atoms with Crippen LogP contribution in [0.15, 0.2) is 42.5 Å². The van der Waals surface area contributed by atoms with Crippen LogP contribution in [0, 0.1) is 0 Å². The van der Waals surface area contributed by atoms with Crippen molar-refractivity contribution >= 4 is 11.9 Å². The molecule has 0 bridgehead atoms. The van der Waals surface area contributed by atoms with Gasteiger partial charge in [0, 0.05) is 5.56 Å². The van der Waals surface area contributed by atoms with Gasteiger partial charge in [-0.1, -0.05) is 12.1 Å². The summed E-state index contributed by atoms with van der Waals surface area (Å²) in [6.45, 7) is 0. The van der Waals surface area contributed by atoms with E-state index >= 15 is 0 Å². The molecule has 0 radical (unpaired) electrons. The van der Waals surface area contributed by atoms with Gasteiger partial charge in [0.25, 0.3) is 0 Å². The van der Waals surface area contributed by atoms with E-state index in [1.807, 2.05) is 0 Å². The number of hydrogen-bond donors (Lipinski definition) is 1. The lowest BCUT2D eigenvalue weighted by atomic mass is 10.1. The zero-order chi connectivity index (χ0) is 16.8. The van der Waals surface area contributed by atoms with E-state index in [0.717, 1.165) is 0 Å². The fourth-order valence-electron chi connectivity index (χ4n) is 2.19. The fourth-order valence-corrected chi connectivity index (χ4v) is 2.19. The van der Waals surface area contributed by atoms with E-state index in [9.17, 15) is 9.90 Å². The van der Waals surface area contributed by atoms with E-state index in [0.29, 0.717) is 22.8 Å². The van der Waals surface area contributed by atoms with Crippen molar-refractivity contribution in [3.63, 3.8) is 0 Å². The highest BCUT2D eigenvalue weighted by molar-refractivity contribution is 6.08. The second-order valence-electron chi connectivity index (χ2n) is 4.64. The van der Waals surface area contributed by atoms with E-state index in [4.69, 9.17) is 14.2 Å². The maximum Gasteiger partial charge on any atom is 0.203 e. The van der Waals surface area contributed by atoms with Gasteiger partial charge in [0.2, 0.25) is 5.75 Å². The molecular weight excluding hydrogens is 296 g/mol. The van der Waals surface area contributed by atoms with Gasteiger partial charge in [0.1, 0.15) is 5.75 Å². The van der Waals surface area contributed by atoms with Crippen molar-refractivity contribution in [3.05, 3.63) is 53.6 Å². The molecule has 0 heterocycles. The van der Waals surface area contributed by atoms with E-state index < -0.39 is 0 Å². The molecule has 0 amide bonds. The first-order chi connectivity index (χ1) is 11.1. The number of phenols is 1. The third kappa shape index (κ3) is 3.45. The summed E-state index contributed by atoms with van der Waals surface area (Å²) in [5, 5.41) is 9.71. The van der Waals surface area contributed by atoms with Gasteiger partial charge in [0.05, 0.1) is 26.9 Å². The monoisotopic (exact) mass is 314 g/mol. The first-order valence-corrected chi connectivity index (χ1v) is 6.91. The summed E-state index contributed by atoms with van der Waals surface area (Å²) >= 11 is 0. The van der Waals surface area contributed by atoms with Crippen molar-refractivity contribution in [2.45, 2.75) is 0 Å². The molecule has 0 atom stereocenters. The summed E-state index contributed by atoms with van der Waals surface area (Å²) in [7, 11) is 4.56. The Morgan fingerprint density at radius 1 is 0.957 bits per heavy atom. The molecule has 120 valence electrons. The molecule has 2 rings (SSSR count). The minimum Gasteiger partial charge on any atom is -0.507 e. The lowest BCUT2D eigenvalue weighted by molar-refractivity contribution is 0.104. The van der Waals surface area contributed by atoms with Crippen LogP contribution < -0.4 is 14.2 Å². The Hall–Kier alpha value is -2.95.